The largest absolute Gasteiger partial charge is 0.371 e. The van der Waals surface area contributed by atoms with Gasteiger partial charge in [-0.15, -0.1) is 0 Å². The van der Waals surface area contributed by atoms with E-state index in [0.717, 1.165) is 25.9 Å². The van der Waals surface area contributed by atoms with Crippen LogP contribution in [0.3, 0.4) is 0 Å². The highest BCUT2D eigenvalue weighted by molar-refractivity contribution is 5.95. The predicted molar refractivity (Wildman–Crippen MR) is 95.0 cm³/mol. The van der Waals surface area contributed by atoms with Gasteiger partial charge in [0.15, 0.2) is 0 Å². The lowest BCUT2D eigenvalue weighted by molar-refractivity contribution is -0.120. The van der Waals surface area contributed by atoms with E-state index in [2.05, 4.69) is 22.3 Å². The van der Waals surface area contributed by atoms with Crippen LogP contribution in [0.1, 0.15) is 23.2 Å². The van der Waals surface area contributed by atoms with Gasteiger partial charge in [-0.2, -0.15) is 0 Å². The molecule has 1 heterocycles. The summed E-state index contributed by atoms with van der Waals surface area (Å²) in [7, 11) is 0. The molecule has 3 N–H and O–H groups in total. The third-order valence-corrected chi connectivity index (χ3v) is 4.42. The lowest BCUT2D eigenvalue weighted by atomic mass is 9.95. The van der Waals surface area contributed by atoms with E-state index < -0.39 is 5.91 Å². The molecular weight excluding hydrogens is 302 g/mol. The van der Waals surface area contributed by atoms with Gasteiger partial charge in [0, 0.05) is 35.9 Å². The third-order valence-electron chi connectivity index (χ3n) is 4.42. The second kappa shape index (κ2) is 7.17. The molecule has 2 aromatic rings. The minimum Gasteiger partial charge on any atom is -0.371 e. The molecular formula is C19H21N3O2. The highest BCUT2D eigenvalue weighted by atomic mass is 16.2. The van der Waals surface area contributed by atoms with Crippen molar-refractivity contribution in [2.24, 2.45) is 11.7 Å². The van der Waals surface area contributed by atoms with Crippen molar-refractivity contribution in [1.29, 1.82) is 0 Å². The quantitative estimate of drug-likeness (QED) is 0.908. The smallest absolute Gasteiger partial charge is 0.248 e. The van der Waals surface area contributed by atoms with Gasteiger partial charge in [-0.1, -0.05) is 18.2 Å². The molecule has 3 rings (SSSR count). The Balaban J connectivity index is 1.54. The summed E-state index contributed by atoms with van der Waals surface area (Å²) < 4.78 is 0. The molecule has 0 atom stereocenters. The number of primary amides is 1. The number of rotatable bonds is 4. The monoisotopic (exact) mass is 323 g/mol. The van der Waals surface area contributed by atoms with Gasteiger partial charge in [0.1, 0.15) is 0 Å². The molecule has 0 radical (unpaired) electrons. The van der Waals surface area contributed by atoms with Gasteiger partial charge < -0.3 is 16.0 Å². The maximum Gasteiger partial charge on any atom is 0.248 e. The van der Waals surface area contributed by atoms with Crippen molar-refractivity contribution in [3.8, 4) is 0 Å². The Bertz CT molecular complexity index is 705. The van der Waals surface area contributed by atoms with Crippen molar-refractivity contribution in [3.63, 3.8) is 0 Å². The molecule has 24 heavy (non-hydrogen) atoms. The van der Waals surface area contributed by atoms with E-state index >= 15 is 0 Å². The van der Waals surface area contributed by atoms with Gasteiger partial charge in [0.05, 0.1) is 0 Å². The van der Waals surface area contributed by atoms with E-state index in [-0.39, 0.29) is 11.8 Å². The topological polar surface area (TPSA) is 75.4 Å². The molecule has 1 fully saturated rings. The molecule has 5 heteroatoms. The molecule has 0 bridgehead atoms. The first kappa shape index (κ1) is 16.1. The van der Waals surface area contributed by atoms with E-state index in [1.54, 1.807) is 24.3 Å². The predicted octanol–water partition coefficient (Wildman–Crippen LogP) is 2.64. The first-order valence-electron chi connectivity index (χ1n) is 8.14. The summed E-state index contributed by atoms with van der Waals surface area (Å²) in [4.78, 5) is 25.8. The standard InChI is InChI=1S/C19H21N3O2/c20-18(23)14-6-8-16(9-7-14)21-19(24)15-10-12-22(13-11-15)17-4-2-1-3-5-17/h1-9,15H,10-13H2,(H2,20,23)(H,21,24). The van der Waals surface area contributed by atoms with E-state index in [0.29, 0.717) is 11.3 Å². The highest BCUT2D eigenvalue weighted by Crippen LogP contribution is 2.24. The molecule has 124 valence electrons. The first-order valence-corrected chi connectivity index (χ1v) is 8.14. The fourth-order valence-corrected chi connectivity index (χ4v) is 3.00. The molecule has 0 aromatic heterocycles. The van der Waals surface area contributed by atoms with E-state index in [1.165, 1.54) is 5.69 Å². The average molecular weight is 323 g/mol. The first-order chi connectivity index (χ1) is 11.6. The van der Waals surface area contributed by atoms with E-state index in [9.17, 15) is 9.59 Å². The van der Waals surface area contributed by atoms with Gasteiger partial charge in [0.25, 0.3) is 0 Å². The zero-order valence-corrected chi connectivity index (χ0v) is 13.4. The van der Waals surface area contributed by atoms with Crippen LogP contribution in [-0.4, -0.2) is 24.9 Å². The van der Waals surface area contributed by atoms with Gasteiger partial charge >= 0.3 is 0 Å². The highest BCUT2D eigenvalue weighted by Gasteiger charge is 2.25. The molecule has 0 saturated carbocycles. The van der Waals surface area contributed by atoms with Gasteiger partial charge in [-0.05, 0) is 49.2 Å². The number of nitrogens with two attached hydrogens (primary N) is 1. The van der Waals surface area contributed by atoms with Crippen molar-refractivity contribution < 1.29 is 9.59 Å². The second-order valence-electron chi connectivity index (χ2n) is 6.03. The normalized spacial score (nSPS) is 15.1. The number of carbonyl (C=O) groups excluding carboxylic acids is 2. The summed E-state index contributed by atoms with van der Waals surface area (Å²) in [5.41, 5.74) is 7.54. The van der Waals surface area contributed by atoms with Crippen molar-refractivity contribution in [1.82, 2.24) is 0 Å². The van der Waals surface area contributed by atoms with Gasteiger partial charge in [-0.25, -0.2) is 0 Å². The Labute approximate surface area is 141 Å². The van der Waals surface area contributed by atoms with Crippen LogP contribution < -0.4 is 16.0 Å². The maximum atomic E-state index is 12.4. The van der Waals surface area contributed by atoms with Crippen LogP contribution >= 0.6 is 0 Å². The number of nitrogens with zero attached hydrogens (tertiary/aromatic N) is 1. The number of hydrogen-bond donors (Lipinski definition) is 2. The van der Waals surface area contributed by atoms with Crippen LogP contribution in [0.15, 0.2) is 54.6 Å². The zero-order valence-electron chi connectivity index (χ0n) is 13.4. The minimum atomic E-state index is -0.471. The summed E-state index contributed by atoms with van der Waals surface area (Å²) in [6.45, 7) is 1.76. The van der Waals surface area contributed by atoms with Gasteiger partial charge in [0.2, 0.25) is 11.8 Å². The Hall–Kier alpha value is -2.82. The average Bonchev–Trinajstić information content (AvgIpc) is 2.63. The van der Waals surface area contributed by atoms with E-state index in [4.69, 9.17) is 5.73 Å². The summed E-state index contributed by atoms with van der Waals surface area (Å²) in [5, 5.41) is 2.92. The summed E-state index contributed by atoms with van der Waals surface area (Å²) in [6, 6.07) is 16.9. The number of hydrogen-bond acceptors (Lipinski definition) is 3. The van der Waals surface area contributed by atoms with Crippen LogP contribution in [0.2, 0.25) is 0 Å². The SMILES string of the molecule is NC(=O)c1ccc(NC(=O)C2CCN(c3ccccc3)CC2)cc1. The molecule has 2 amide bonds. The van der Waals surface area contributed by atoms with Crippen LogP contribution in [0.25, 0.3) is 0 Å². The van der Waals surface area contributed by atoms with Crippen LogP contribution in [0, 0.1) is 5.92 Å². The number of anilines is 2. The number of nitrogens with one attached hydrogen (secondary N) is 1. The lowest BCUT2D eigenvalue weighted by Crippen LogP contribution is -2.38. The summed E-state index contributed by atoms with van der Waals surface area (Å²) in [6.07, 6.45) is 1.67. The molecule has 0 spiro atoms. The minimum absolute atomic E-state index is 0.0146. The Morgan fingerprint density at radius 1 is 0.958 bits per heavy atom. The summed E-state index contributed by atoms with van der Waals surface area (Å²) in [5.74, 6) is -0.420. The second-order valence-corrected chi connectivity index (χ2v) is 6.03. The van der Waals surface area contributed by atoms with Crippen molar-refractivity contribution >= 4 is 23.2 Å². The fourth-order valence-electron chi connectivity index (χ4n) is 3.00. The molecule has 5 nitrogen and oxygen atoms in total. The maximum absolute atomic E-state index is 12.4. The van der Waals surface area contributed by atoms with Crippen molar-refractivity contribution in [2.75, 3.05) is 23.3 Å². The number of piperidine rings is 1. The molecule has 0 aliphatic carbocycles. The van der Waals surface area contributed by atoms with Crippen LogP contribution in [0.5, 0.6) is 0 Å². The molecule has 1 aliphatic rings. The van der Waals surface area contributed by atoms with Crippen molar-refractivity contribution in [2.45, 2.75) is 12.8 Å². The fraction of sp³-hybridized carbons (Fsp3) is 0.263. The number of amides is 2. The Morgan fingerprint density at radius 3 is 2.17 bits per heavy atom. The zero-order chi connectivity index (χ0) is 16.9. The summed E-state index contributed by atoms with van der Waals surface area (Å²) >= 11 is 0. The number of benzene rings is 2. The van der Waals surface area contributed by atoms with E-state index in [1.807, 2.05) is 18.2 Å². The van der Waals surface area contributed by atoms with Crippen LogP contribution in [-0.2, 0) is 4.79 Å². The third kappa shape index (κ3) is 3.74. The molecule has 1 aliphatic heterocycles. The Morgan fingerprint density at radius 2 is 1.58 bits per heavy atom. The number of carbonyl (C=O) groups is 2. The molecule has 1 saturated heterocycles. The van der Waals surface area contributed by atoms with Gasteiger partial charge in [-0.3, -0.25) is 9.59 Å². The van der Waals surface area contributed by atoms with Crippen LogP contribution in [0.4, 0.5) is 11.4 Å². The lowest BCUT2D eigenvalue weighted by Gasteiger charge is -2.33. The molecule has 0 unspecified atom stereocenters. The molecule has 2 aromatic carbocycles. The Kier molecular flexibility index (Phi) is 4.79. The number of para-hydroxylation sites is 1. The van der Waals surface area contributed by atoms with Crippen molar-refractivity contribution in [3.05, 3.63) is 60.2 Å².